The highest BCUT2D eigenvalue weighted by atomic mass is 14.3. The molecular formula is C24H44. The maximum atomic E-state index is 3.36. The van der Waals surface area contributed by atoms with Crippen molar-refractivity contribution >= 4 is 0 Å². The number of hydrogen-bond donors (Lipinski definition) is 0. The lowest BCUT2D eigenvalue weighted by Crippen LogP contribution is -2.16. The Balaban J connectivity index is 0.00000163. The summed E-state index contributed by atoms with van der Waals surface area (Å²) in [6, 6.07) is 0. The zero-order valence-corrected chi connectivity index (χ0v) is 17.1. The first-order chi connectivity index (χ1) is 11.7. The molecule has 24 heavy (non-hydrogen) atoms. The zero-order valence-electron chi connectivity index (χ0n) is 17.1. The standard InChI is InChI=1S/C21H38.C3H6/c1-4-6-8-10-11-12-14-20-16-17-21(19(3)18-20)15-13-9-7-5-2;1-3-2/h13,15-17,19-21H,4-12,14,18H2,1-3H3;3H,1H2,2H3/b15-13+;. The van der Waals surface area contributed by atoms with E-state index in [9.17, 15) is 0 Å². The van der Waals surface area contributed by atoms with Crippen molar-refractivity contribution in [2.75, 3.05) is 0 Å². The fourth-order valence-corrected chi connectivity index (χ4v) is 3.42. The molecular weight excluding hydrogens is 288 g/mol. The normalized spacial score (nSPS) is 23.1. The number of rotatable bonds is 11. The quantitative estimate of drug-likeness (QED) is 0.263. The van der Waals surface area contributed by atoms with Crippen LogP contribution in [-0.2, 0) is 0 Å². The summed E-state index contributed by atoms with van der Waals surface area (Å²) >= 11 is 0. The van der Waals surface area contributed by atoms with E-state index in [1.807, 2.05) is 6.92 Å². The molecule has 0 spiro atoms. The van der Waals surface area contributed by atoms with Gasteiger partial charge in [0.2, 0.25) is 0 Å². The maximum Gasteiger partial charge on any atom is -0.00275 e. The van der Waals surface area contributed by atoms with E-state index in [2.05, 4.69) is 51.7 Å². The summed E-state index contributed by atoms with van der Waals surface area (Å²) in [6.07, 6.45) is 26.9. The zero-order chi connectivity index (χ0) is 18.0. The first-order valence-corrected chi connectivity index (χ1v) is 10.6. The fraction of sp³-hybridized carbons (Fsp3) is 0.750. The molecule has 0 radical (unpaired) electrons. The lowest BCUT2D eigenvalue weighted by molar-refractivity contribution is 0.352. The van der Waals surface area contributed by atoms with Crippen LogP contribution in [0, 0.1) is 17.8 Å². The lowest BCUT2D eigenvalue weighted by atomic mass is 9.78. The highest BCUT2D eigenvalue weighted by Gasteiger charge is 2.20. The molecule has 0 amide bonds. The van der Waals surface area contributed by atoms with E-state index < -0.39 is 0 Å². The summed E-state index contributed by atoms with van der Waals surface area (Å²) in [6.45, 7) is 12.2. The van der Waals surface area contributed by atoms with Crippen LogP contribution in [0.3, 0.4) is 0 Å². The monoisotopic (exact) mass is 332 g/mol. The molecule has 3 atom stereocenters. The molecule has 140 valence electrons. The largest absolute Gasteiger partial charge is 0.103 e. The predicted octanol–water partition coefficient (Wildman–Crippen LogP) is 8.50. The highest BCUT2D eigenvalue weighted by molar-refractivity contribution is 5.08. The minimum Gasteiger partial charge on any atom is -0.103 e. The highest BCUT2D eigenvalue weighted by Crippen LogP contribution is 2.32. The molecule has 0 heterocycles. The van der Waals surface area contributed by atoms with Crippen LogP contribution in [0.25, 0.3) is 0 Å². The van der Waals surface area contributed by atoms with Gasteiger partial charge in [0, 0.05) is 0 Å². The van der Waals surface area contributed by atoms with E-state index in [1.54, 1.807) is 6.08 Å². The van der Waals surface area contributed by atoms with E-state index in [-0.39, 0.29) is 0 Å². The third-order valence-corrected chi connectivity index (χ3v) is 4.95. The van der Waals surface area contributed by atoms with Gasteiger partial charge >= 0.3 is 0 Å². The molecule has 0 aromatic heterocycles. The van der Waals surface area contributed by atoms with Gasteiger partial charge in [0.1, 0.15) is 0 Å². The van der Waals surface area contributed by atoms with Crippen LogP contribution < -0.4 is 0 Å². The summed E-state index contributed by atoms with van der Waals surface area (Å²) < 4.78 is 0. The van der Waals surface area contributed by atoms with E-state index in [4.69, 9.17) is 0 Å². The van der Waals surface area contributed by atoms with Gasteiger partial charge in [0.15, 0.2) is 0 Å². The summed E-state index contributed by atoms with van der Waals surface area (Å²) in [7, 11) is 0. The van der Waals surface area contributed by atoms with Gasteiger partial charge in [-0.05, 0) is 43.9 Å². The minimum atomic E-state index is 0.697. The Kier molecular flexibility index (Phi) is 16.5. The molecule has 0 aromatic carbocycles. The molecule has 0 N–H and O–H groups in total. The Labute approximate surface area is 153 Å². The van der Waals surface area contributed by atoms with E-state index in [0.717, 1.165) is 11.8 Å². The van der Waals surface area contributed by atoms with Gasteiger partial charge in [0.25, 0.3) is 0 Å². The summed E-state index contributed by atoms with van der Waals surface area (Å²) in [5, 5.41) is 0. The molecule has 0 aliphatic heterocycles. The molecule has 0 saturated carbocycles. The predicted molar refractivity (Wildman–Crippen MR) is 112 cm³/mol. The average molecular weight is 333 g/mol. The van der Waals surface area contributed by atoms with Gasteiger partial charge in [-0.25, -0.2) is 0 Å². The Morgan fingerprint density at radius 2 is 1.58 bits per heavy atom. The smallest absolute Gasteiger partial charge is 0.00275 e. The second-order valence-corrected chi connectivity index (χ2v) is 7.47. The summed E-state index contributed by atoms with van der Waals surface area (Å²) in [4.78, 5) is 0. The SMILES string of the molecule is C=CC.CCCC/C=C/C1C=CC(CCCCCCCC)CC1C. The molecule has 0 aromatic rings. The van der Waals surface area contributed by atoms with E-state index in [1.165, 1.54) is 70.6 Å². The maximum absolute atomic E-state index is 3.36. The third kappa shape index (κ3) is 12.6. The van der Waals surface area contributed by atoms with Crippen molar-refractivity contribution in [3.8, 4) is 0 Å². The van der Waals surface area contributed by atoms with Gasteiger partial charge in [-0.1, -0.05) is 103 Å². The van der Waals surface area contributed by atoms with Crippen LogP contribution in [0.1, 0.15) is 98.3 Å². The van der Waals surface area contributed by atoms with Crippen LogP contribution in [-0.4, -0.2) is 0 Å². The molecule has 0 bridgehead atoms. The van der Waals surface area contributed by atoms with Crippen LogP contribution in [0.2, 0.25) is 0 Å². The Hall–Kier alpha value is -0.780. The van der Waals surface area contributed by atoms with Crippen LogP contribution >= 0.6 is 0 Å². The second-order valence-electron chi connectivity index (χ2n) is 7.47. The lowest BCUT2D eigenvalue weighted by Gasteiger charge is -2.27. The molecule has 3 unspecified atom stereocenters. The molecule has 1 aliphatic rings. The Morgan fingerprint density at radius 1 is 0.958 bits per heavy atom. The van der Waals surface area contributed by atoms with E-state index in [0.29, 0.717) is 5.92 Å². The second kappa shape index (κ2) is 17.1. The van der Waals surface area contributed by atoms with Crippen LogP contribution in [0.5, 0.6) is 0 Å². The van der Waals surface area contributed by atoms with Gasteiger partial charge in [-0.15, -0.1) is 6.58 Å². The van der Waals surface area contributed by atoms with Gasteiger partial charge < -0.3 is 0 Å². The van der Waals surface area contributed by atoms with Gasteiger partial charge in [-0.2, -0.15) is 0 Å². The third-order valence-electron chi connectivity index (χ3n) is 4.95. The van der Waals surface area contributed by atoms with Crippen molar-refractivity contribution in [3.05, 3.63) is 37.0 Å². The van der Waals surface area contributed by atoms with Crippen molar-refractivity contribution in [2.45, 2.75) is 98.3 Å². The van der Waals surface area contributed by atoms with Crippen LogP contribution in [0.4, 0.5) is 0 Å². The van der Waals surface area contributed by atoms with Crippen molar-refractivity contribution in [1.82, 2.24) is 0 Å². The minimum absolute atomic E-state index is 0.697. The fourth-order valence-electron chi connectivity index (χ4n) is 3.42. The molecule has 1 rings (SSSR count). The van der Waals surface area contributed by atoms with Gasteiger partial charge in [-0.3, -0.25) is 0 Å². The first kappa shape index (κ1) is 23.2. The Bertz CT molecular complexity index is 323. The molecule has 1 aliphatic carbocycles. The first-order valence-electron chi connectivity index (χ1n) is 10.6. The van der Waals surface area contributed by atoms with Crippen molar-refractivity contribution in [3.63, 3.8) is 0 Å². The number of hydrogen-bond acceptors (Lipinski definition) is 0. The topological polar surface area (TPSA) is 0 Å². The Morgan fingerprint density at radius 3 is 2.21 bits per heavy atom. The number of unbranched alkanes of at least 4 members (excludes halogenated alkanes) is 7. The molecule has 0 heteroatoms. The van der Waals surface area contributed by atoms with E-state index >= 15 is 0 Å². The number of allylic oxidation sites excluding steroid dienone is 5. The van der Waals surface area contributed by atoms with Crippen LogP contribution in [0.15, 0.2) is 37.0 Å². The van der Waals surface area contributed by atoms with Gasteiger partial charge in [0.05, 0.1) is 0 Å². The molecule has 0 nitrogen and oxygen atoms in total. The van der Waals surface area contributed by atoms with Crippen molar-refractivity contribution in [2.24, 2.45) is 17.8 Å². The molecule has 0 fully saturated rings. The summed E-state index contributed by atoms with van der Waals surface area (Å²) in [5.74, 6) is 2.38. The summed E-state index contributed by atoms with van der Waals surface area (Å²) in [5.41, 5.74) is 0. The van der Waals surface area contributed by atoms with Crippen molar-refractivity contribution < 1.29 is 0 Å². The average Bonchev–Trinajstić information content (AvgIpc) is 2.57. The molecule has 0 saturated heterocycles. The van der Waals surface area contributed by atoms with Crippen molar-refractivity contribution in [1.29, 1.82) is 0 Å².